The predicted molar refractivity (Wildman–Crippen MR) is 81.9 cm³/mol. The van der Waals surface area contributed by atoms with E-state index in [1.54, 1.807) is 0 Å². The lowest BCUT2D eigenvalue weighted by Crippen LogP contribution is -2.24. The first-order valence-corrected chi connectivity index (χ1v) is 7.74. The molecule has 1 aliphatic rings. The van der Waals surface area contributed by atoms with Gasteiger partial charge in [0.25, 0.3) is 0 Å². The second-order valence-corrected chi connectivity index (χ2v) is 6.04. The molecule has 1 saturated heterocycles. The SMILES string of the molecule is CC(C)c1nc([C@H]2CCCN2Cc2ccccc2C#N)no1. The number of rotatable bonds is 4. The number of nitriles is 1. The lowest BCUT2D eigenvalue weighted by Gasteiger charge is -2.22. The fourth-order valence-electron chi connectivity index (χ4n) is 2.91. The number of benzene rings is 1. The molecule has 0 bridgehead atoms. The maximum Gasteiger partial charge on any atom is 0.229 e. The highest BCUT2D eigenvalue weighted by Gasteiger charge is 2.30. The number of aromatic nitrogens is 2. The molecule has 0 spiro atoms. The largest absolute Gasteiger partial charge is 0.339 e. The summed E-state index contributed by atoms with van der Waals surface area (Å²) >= 11 is 0. The average molecular weight is 296 g/mol. The highest BCUT2D eigenvalue weighted by molar-refractivity contribution is 5.37. The van der Waals surface area contributed by atoms with Crippen LogP contribution in [0.3, 0.4) is 0 Å². The normalized spacial score (nSPS) is 18.7. The number of nitrogens with zero attached hydrogens (tertiary/aromatic N) is 4. The van der Waals surface area contributed by atoms with Crippen LogP contribution < -0.4 is 0 Å². The fraction of sp³-hybridized carbons (Fsp3) is 0.471. The summed E-state index contributed by atoms with van der Waals surface area (Å²) in [5, 5.41) is 13.4. The van der Waals surface area contributed by atoms with Crippen LogP contribution in [0.4, 0.5) is 0 Å². The summed E-state index contributed by atoms with van der Waals surface area (Å²) in [6, 6.07) is 10.2. The summed E-state index contributed by atoms with van der Waals surface area (Å²) in [7, 11) is 0. The fourth-order valence-corrected chi connectivity index (χ4v) is 2.91. The van der Waals surface area contributed by atoms with Crippen molar-refractivity contribution in [3.05, 3.63) is 47.1 Å². The molecular formula is C17H20N4O. The van der Waals surface area contributed by atoms with E-state index in [0.717, 1.165) is 42.9 Å². The van der Waals surface area contributed by atoms with E-state index in [9.17, 15) is 5.26 Å². The van der Waals surface area contributed by atoms with Gasteiger partial charge in [-0.15, -0.1) is 0 Å². The van der Waals surface area contributed by atoms with Crippen LogP contribution in [0.15, 0.2) is 28.8 Å². The van der Waals surface area contributed by atoms with E-state index < -0.39 is 0 Å². The van der Waals surface area contributed by atoms with Crippen molar-refractivity contribution in [2.75, 3.05) is 6.54 Å². The van der Waals surface area contributed by atoms with E-state index in [2.05, 4.69) is 21.1 Å². The van der Waals surface area contributed by atoms with E-state index in [-0.39, 0.29) is 12.0 Å². The zero-order valence-electron chi connectivity index (χ0n) is 13.0. The molecule has 1 aromatic heterocycles. The highest BCUT2D eigenvalue weighted by Crippen LogP contribution is 2.32. The minimum atomic E-state index is 0.183. The molecule has 1 fully saturated rings. The van der Waals surface area contributed by atoms with E-state index in [4.69, 9.17) is 4.52 Å². The molecule has 1 aliphatic heterocycles. The second kappa shape index (κ2) is 6.29. The molecule has 0 aliphatic carbocycles. The molecule has 114 valence electrons. The summed E-state index contributed by atoms with van der Waals surface area (Å²) < 4.78 is 5.34. The Balaban J connectivity index is 1.80. The van der Waals surface area contributed by atoms with Crippen molar-refractivity contribution in [3.8, 4) is 6.07 Å². The third-order valence-corrected chi connectivity index (χ3v) is 4.12. The van der Waals surface area contributed by atoms with Crippen molar-refractivity contribution in [1.82, 2.24) is 15.0 Å². The van der Waals surface area contributed by atoms with Gasteiger partial charge in [-0.05, 0) is 31.0 Å². The number of hydrogen-bond acceptors (Lipinski definition) is 5. The second-order valence-electron chi connectivity index (χ2n) is 6.04. The van der Waals surface area contributed by atoms with Crippen LogP contribution in [-0.4, -0.2) is 21.6 Å². The van der Waals surface area contributed by atoms with Gasteiger partial charge in [-0.25, -0.2) is 0 Å². The zero-order valence-corrected chi connectivity index (χ0v) is 13.0. The van der Waals surface area contributed by atoms with Crippen LogP contribution in [0.2, 0.25) is 0 Å². The van der Waals surface area contributed by atoms with Crippen molar-refractivity contribution in [2.24, 2.45) is 0 Å². The van der Waals surface area contributed by atoms with Crippen molar-refractivity contribution >= 4 is 0 Å². The smallest absolute Gasteiger partial charge is 0.229 e. The summed E-state index contributed by atoms with van der Waals surface area (Å²) in [4.78, 5) is 6.88. The molecule has 3 rings (SSSR count). The Labute approximate surface area is 130 Å². The van der Waals surface area contributed by atoms with Gasteiger partial charge >= 0.3 is 0 Å². The van der Waals surface area contributed by atoms with Gasteiger partial charge in [-0.1, -0.05) is 37.2 Å². The molecule has 0 radical (unpaired) electrons. The molecule has 0 unspecified atom stereocenters. The highest BCUT2D eigenvalue weighted by atomic mass is 16.5. The molecule has 2 aromatic rings. The van der Waals surface area contributed by atoms with E-state index in [0.29, 0.717) is 5.89 Å². The van der Waals surface area contributed by atoms with Gasteiger partial charge in [0, 0.05) is 12.5 Å². The summed E-state index contributed by atoms with van der Waals surface area (Å²) in [5.41, 5.74) is 1.80. The molecule has 0 amide bonds. The van der Waals surface area contributed by atoms with Crippen molar-refractivity contribution in [2.45, 2.75) is 45.2 Å². The van der Waals surface area contributed by atoms with Crippen LogP contribution >= 0.6 is 0 Å². The van der Waals surface area contributed by atoms with Crippen LogP contribution in [0.5, 0.6) is 0 Å². The molecule has 2 heterocycles. The molecule has 1 atom stereocenters. The molecule has 0 N–H and O–H groups in total. The Bertz CT molecular complexity index is 686. The molecule has 5 nitrogen and oxygen atoms in total. The summed E-state index contributed by atoms with van der Waals surface area (Å²) in [6.07, 6.45) is 2.15. The Morgan fingerprint density at radius 3 is 2.95 bits per heavy atom. The van der Waals surface area contributed by atoms with Gasteiger partial charge in [-0.2, -0.15) is 10.2 Å². The molecule has 0 saturated carbocycles. The summed E-state index contributed by atoms with van der Waals surface area (Å²) in [5.74, 6) is 1.71. The van der Waals surface area contributed by atoms with E-state index in [1.165, 1.54) is 0 Å². The lowest BCUT2D eigenvalue weighted by molar-refractivity contribution is 0.233. The Kier molecular flexibility index (Phi) is 4.21. The van der Waals surface area contributed by atoms with Crippen LogP contribution in [0.1, 0.15) is 61.5 Å². The lowest BCUT2D eigenvalue weighted by atomic mass is 10.1. The Hall–Kier alpha value is -2.19. The van der Waals surface area contributed by atoms with Gasteiger partial charge < -0.3 is 4.52 Å². The Morgan fingerprint density at radius 2 is 2.23 bits per heavy atom. The van der Waals surface area contributed by atoms with Gasteiger partial charge in [0.1, 0.15) is 0 Å². The first-order valence-electron chi connectivity index (χ1n) is 7.74. The van der Waals surface area contributed by atoms with Crippen molar-refractivity contribution < 1.29 is 4.52 Å². The molecule has 5 heteroatoms. The molecular weight excluding hydrogens is 276 g/mol. The Morgan fingerprint density at radius 1 is 1.41 bits per heavy atom. The van der Waals surface area contributed by atoms with E-state index >= 15 is 0 Å². The minimum absolute atomic E-state index is 0.183. The first kappa shape index (κ1) is 14.7. The molecule has 22 heavy (non-hydrogen) atoms. The van der Waals surface area contributed by atoms with Crippen molar-refractivity contribution in [3.63, 3.8) is 0 Å². The average Bonchev–Trinajstić information content (AvgIpc) is 3.16. The number of hydrogen-bond donors (Lipinski definition) is 0. The van der Waals surface area contributed by atoms with Gasteiger partial charge in [0.15, 0.2) is 5.82 Å². The third kappa shape index (κ3) is 2.88. The third-order valence-electron chi connectivity index (χ3n) is 4.12. The van der Waals surface area contributed by atoms with Gasteiger partial charge in [0.05, 0.1) is 17.7 Å². The topological polar surface area (TPSA) is 66.0 Å². The van der Waals surface area contributed by atoms with E-state index in [1.807, 2.05) is 38.1 Å². The summed E-state index contributed by atoms with van der Waals surface area (Å²) in [6.45, 7) is 5.84. The minimum Gasteiger partial charge on any atom is -0.339 e. The van der Waals surface area contributed by atoms with Crippen molar-refractivity contribution in [1.29, 1.82) is 5.26 Å². The van der Waals surface area contributed by atoms with Crippen LogP contribution in [-0.2, 0) is 6.54 Å². The quantitative estimate of drug-likeness (QED) is 0.865. The standard InChI is InChI=1S/C17H20N4O/c1-12(2)17-19-16(20-22-17)15-8-5-9-21(15)11-14-7-4-3-6-13(14)10-18/h3-4,6-7,12,15H,5,8-9,11H2,1-2H3/t15-/m1/s1. The monoisotopic (exact) mass is 296 g/mol. The maximum atomic E-state index is 9.23. The van der Waals surface area contributed by atoms with Crippen LogP contribution in [0.25, 0.3) is 0 Å². The predicted octanol–water partition coefficient (Wildman–Crippen LogP) is 3.40. The van der Waals surface area contributed by atoms with Crippen LogP contribution in [0, 0.1) is 11.3 Å². The molecule has 1 aromatic carbocycles. The van der Waals surface area contributed by atoms with Gasteiger partial charge in [0.2, 0.25) is 5.89 Å². The zero-order chi connectivity index (χ0) is 15.5. The van der Waals surface area contributed by atoms with Gasteiger partial charge in [-0.3, -0.25) is 4.90 Å². The number of likely N-dealkylation sites (tertiary alicyclic amines) is 1. The maximum absolute atomic E-state index is 9.23. The first-order chi connectivity index (χ1) is 10.7.